The Morgan fingerprint density at radius 1 is 1.32 bits per heavy atom. The third kappa shape index (κ3) is 6.17. The molecule has 0 bridgehead atoms. The summed E-state index contributed by atoms with van der Waals surface area (Å²) < 4.78 is 13.1. The van der Waals surface area contributed by atoms with Crippen LogP contribution in [0.5, 0.6) is 0 Å². The van der Waals surface area contributed by atoms with Gasteiger partial charge in [-0.1, -0.05) is 13.0 Å². The number of hydrogen-bond acceptors (Lipinski definition) is 2. The zero-order valence-corrected chi connectivity index (χ0v) is 12.7. The molecule has 19 heavy (non-hydrogen) atoms. The smallest absolute Gasteiger partial charge is 0.123 e. The highest BCUT2D eigenvalue weighted by Crippen LogP contribution is 2.13. The Labute approximate surface area is 117 Å². The molecule has 0 saturated carbocycles. The molecule has 0 fully saturated rings. The van der Waals surface area contributed by atoms with Crippen molar-refractivity contribution in [3.05, 3.63) is 35.1 Å². The zero-order valence-electron chi connectivity index (χ0n) is 12.7. The molecule has 0 aliphatic rings. The van der Waals surface area contributed by atoms with Crippen LogP contribution in [0.1, 0.15) is 30.9 Å². The van der Waals surface area contributed by atoms with Crippen LogP contribution in [0.4, 0.5) is 4.39 Å². The van der Waals surface area contributed by atoms with Crippen molar-refractivity contribution < 1.29 is 4.39 Å². The maximum absolute atomic E-state index is 13.1. The molecule has 1 N–H and O–H groups in total. The second-order valence-electron chi connectivity index (χ2n) is 5.52. The van der Waals surface area contributed by atoms with E-state index >= 15 is 0 Å². The second kappa shape index (κ2) is 8.28. The van der Waals surface area contributed by atoms with E-state index in [9.17, 15) is 4.39 Å². The Bertz CT molecular complexity index is 377. The third-order valence-corrected chi connectivity index (χ3v) is 3.38. The fraction of sp³-hybridized carbons (Fsp3) is 0.625. The summed E-state index contributed by atoms with van der Waals surface area (Å²) in [6.45, 7) is 6.28. The predicted octanol–water partition coefficient (Wildman–Crippen LogP) is 3.00. The lowest BCUT2D eigenvalue weighted by molar-refractivity contribution is 0.356. The van der Waals surface area contributed by atoms with Crippen LogP contribution >= 0.6 is 0 Å². The highest BCUT2D eigenvalue weighted by molar-refractivity contribution is 5.27. The predicted molar refractivity (Wildman–Crippen MR) is 80.1 cm³/mol. The Hall–Kier alpha value is -0.930. The molecule has 2 nitrogen and oxygen atoms in total. The third-order valence-electron chi connectivity index (χ3n) is 3.38. The van der Waals surface area contributed by atoms with Gasteiger partial charge in [-0.05, 0) is 76.6 Å². The fourth-order valence-electron chi connectivity index (χ4n) is 2.19. The van der Waals surface area contributed by atoms with Gasteiger partial charge in [0.05, 0.1) is 0 Å². The quantitative estimate of drug-likeness (QED) is 0.778. The van der Waals surface area contributed by atoms with Gasteiger partial charge in [0.25, 0.3) is 0 Å². The van der Waals surface area contributed by atoms with Crippen molar-refractivity contribution >= 4 is 0 Å². The van der Waals surface area contributed by atoms with Gasteiger partial charge < -0.3 is 10.2 Å². The summed E-state index contributed by atoms with van der Waals surface area (Å²) in [5.41, 5.74) is 2.29. The average molecular weight is 266 g/mol. The molecule has 108 valence electrons. The molecule has 1 unspecified atom stereocenters. The van der Waals surface area contributed by atoms with Gasteiger partial charge in [0.1, 0.15) is 5.82 Å². The summed E-state index contributed by atoms with van der Waals surface area (Å²) in [7, 11) is 4.19. The maximum atomic E-state index is 13.1. The van der Waals surface area contributed by atoms with E-state index in [1.54, 1.807) is 12.1 Å². The summed E-state index contributed by atoms with van der Waals surface area (Å²) in [4.78, 5) is 2.21. The van der Waals surface area contributed by atoms with Crippen molar-refractivity contribution in [1.82, 2.24) is 10.2 Å². The fourth-order valence-corrected chi connectivity index (χ4v) is 2.19. The average Bonchev–Trinajstić information content (AvgIpc) is 2.35. The minimum atomic E-state index is -0.146. The molecule has 0 radical (unpaired) electrons. The molecule has 0 amide bonds. The molecule has 1 aromatic carbocycles. The summed E-state index contributed by atoms with van der Waals surface area (Å²) in [5, 5.41) is 3.59. The van der Waals surface area contributed by atoms with Gasteiger partial charge in [-0.25, -0.2) is 4.39 Å². The van der Waals surface area contributed by atoms with Crippen LogP contribution in [-0.4, -0.2) is 38.1 Å². The molecule has 0 aliphatic carbocycles. The lowest BCUT2D eigenvalue weighted by Gasteiger charge is -2.21. The number of benzene rings is 1. The lowest BCUT2D eigenvalue weighted by atomic mass is 9.99. The maximum Gasteiger partial charge on any atom is 0.123 e. The first-order valence-electron chi connectivity index (χ1n) is 7.16. The second-order valence-corrected chi connectivity index (χ2v) is 5.52. The van der Waals surface area contributed by atoms with Crippen molar-refractivity contribution in [2.75, 3.05) is 27.2 Å². The normalized spacial score (nSPS) is 12.9. The number of nitrogens with zero attached hydrogens (tertiary/aromatic N) is 1. The molecular formula is C16H27FN2. The van der Waals surface area contributed by atoms with Crippen LogP contribution in [0, 0.1) is 12.7 Å². The van der Waals surface area contributed by atoms with Crippen molar-refractivity contribution in [3.8, 4) is 0 Å². The van der Waals surface area contributed by atoms with E-state index in [4.69, 9.17) is 0 Å². The summed E-state index contributed by atoms with van der Waals surface area (Å²) in [5.74, 6) is -0.146. The lowest BCUT2D eigenvalue weighted by Crippen LogP contribution is -2.34. The molecular weight excluding hydrogens is 239 g/mol. The van der Waals surface area contributed by atoms with E-state index in [1.807, 2.05) is 13.0 Å². The number of halogens is 1. The van der Waals surface area contributed by atoms with E-state index in [1.165, 1.54) is 5.56 Å². The molecule has 1 rings (SSSR count). The summed E-state index contributed by atoms with van der Waals surface area (Å²) in [6, 6.07) is 5.57. The highest BCUT2D eigenvalue weighted by atomic mass is 19.1. The van der Waals surface area contributed by atoms with Crippen LogP contribution in [0.15, 0.2) is 18.2 Å². The first-order valence-corrected chi connectivity index (χ1v) is 7.16. The van der Waals surface area contributed by atoms with E-state index in [-0.39, 0.29) is 5.82 Å². The first kappa shape index (κ1) is 16.1. The van der Waals surface area contributed by atoms with Crippen molar-refractivity contribution in [3.63, 3.8) is 0 Å². The van der Waals surface area contributed by atoms with Gasteiger partial charge in [-0.15, -0.1) is 0 Å². The van der Waals surface area contributed by atoms with Crippen LogP contribution < -0.4 is 5.32 Å². The van der Waals surface area contributed by atoms with Gasteiger partial charge >= 0.3 is 0 Å². The molecule has 3 heteroatoms. The van der Waals surface area contributed by atoms with Crippen molar-refractivity contribution in [2.45, 2.75) is 39.2 Å². The SMILES string of the molecule is CCCNC(CCN(C)C)Cc1ccc(F)cc1C. The minimum Gasteiger partial charge on any atom is -0.314 e. The first-order chi connectivity index (χ1) is 9.02. The Balaban J connectivity index is 2.63. The molecule has 0 aromatic heterocycles. The summed E-state index contributed by atoms with van der Waals surface area (Å²) in [6.07, 6.45) is 3.23. The monoisotopic (exact) mass is 266 g/mol. The van der Waals surface area contributed by atoms with Gasteiger partial charge in [-0.3, -0.25) is 0 Å². The highest BCUT2D eigenvalue weighted by Gasteiger charge is 2.11. The van der Waals surface area contributed by atoms with Gasteiger partial charge in [-0.2, -0.15) is 0 Å². The number of hydrogen-bond donors (Lipinski definition) is 1. The standard InChI is InChI=1S/C16H27FN2/c1-5-9-18-16(8-10-19(3)4)12-14-6-7-15(17)11-13(14)2/h6-7,11,16,18H,5,8-10,12H2,1-4H3. The largest absolute Gasteiger partial charge is 0.314 e. The minimum absolute atomic E-state index is 0.146. The Kier molecular flexibility index (Phi) is 7.03. The van der Waals surface area contributed by atoms with Crippen LogP contribution in [0.25, 0.3) is 0 Å². The van der Waals surface area contributed by atoms with Crippen LogP contribution in [-0.2, 0) is 6.42 Å². The molecule has 1 aromatic rings. The molecule has 0 saturated heterocycles. The topological polar surface area (TPSA) is 15.3 Å². The number of aryl methyl sites for hydroxylation is 1. The van der Waals surface area contributed by atoms with E-state index in [2.05, 4.69) is 31.2 Å². The molecule has 0 heterocycles. The molecule has 0 aliphatic heterocycles. The van der Waals surface area contributed by atoms with E-state index in [0.29, 0.717) is 6.04 Å². The van der Waals surface area contributed by atoms with Gasteiger partial charge in [0.15, 0.2) is 0 Å². The number of rotatable bonds is 8. The van der Waals surface area contributed by atoms with Crippen LogP contribution in [0.2, 0.25) is 0 Å². The number of nitrogens with one attached hydrogen (secondary N) is 1. The zero-order chi connectivity index (χ0) is 14.3. The van der Waals surface area contributed by atoms with Crippen LogP contribution in [0.3, 0.4) is 0 Å². The van der Waals surface area contributed by atoms with Gasteiger partial charge in [0.2, 0.25) is 0 Å². The van der Waals surface area contributed by atoms with Crippen molar-refractivity contribution in [2.24, 2.45) is 0 Å². The molecule has 1 atom stereocenters. The van der Waals surface area contributed by atoms with E-state index < -0.39 is 0 Å². The van der Waals surface area contributed by atoms with E-state index in [0.717, 1.165) is 37.9 Å². The molecule has 0 spiro atoms. The van der Waals surface area contributed by atoms with Crippen molar-refractivity contribution in [1.29, 1.82) is 0 Å². The Morgan fingerprint density at radius 2 is 2.05 bits per heavy atom. The summed E-state index contributed by atoms with van der Waals surface area (Å²) >= 11 is 0. The van der Waals surface area contributed by atoms with Gasteiger partial charge in [0, 0.05) is 6.04 Å². The Morgan fingerprint density at radius 3 is 2.63 bits per heavy atom.